The predicted molar refractivity (Wildman–Crippen MR) is 93.9 cm³/mol. The van der Waals surface area contributed by atoms with E-state index in [1.54, 1.807) is 10.9 Å². The smallest absolute Gasteiger partial charge is 0.241 e. The summed E-state index contributed by atoms with van der Waals surface area (Å²) in [5, 5.41) is 8.47. The monoisotopic (exact) mass is 327 g/mol. The topological polar surface area (TPSA) is 63.1 Å². The first kappa shape index (κ1) is 15.6. The highest BCUT2D eigenvalue weighted by Crippen LogP contribution is 2.30. The van der Waals surface area contributed by atoms with Crippen LogP contribution in [0.1, 0.15) is 44.2 Å². The maximum absolute atomic E-state index is 12.8. The molecule has 128 valence electrons. The van der Waals surface area contributed by atoms with E-state index >= 15 is 0 Å². The van der Waals surface area contributed by atoms with E-state index in [0.29, 0.717) is 6.04 Å². The number of pyridine rings is 1. The first-order valence-electron chi connectivity index (χ1n) is 8.99. The Morgan fingerprint density at radius 1 is 1.25 bits per heavy atom. The summed E-state index contributed by atoms with van der Waals surface area (Å²) in [6.07, 6.45) is 8.90. The Labute approximate surface area is 142 Å². The maximum atomic E-state index is 12.8. The number of nitrogens with zero attached hydrogens (tertiary/aromatic N) is 4. The number of fused-ring (bicyclic) bond motifs is 1. The molecule has 0 bridgehead atoms. The zero-order chi connectivity index (χ0) is 16.7. The van der Waals surface area contributed by atoms with Crippen LogP contribution in [0.5, 0.6) is 0 Å². The third kappa shape index (κ3) is 2.69. The molecule has 1 saturated heterocycles. The molecule has 1 N–H and O–H groups in total. The van der Waals surface area contributed by atoms with Gasteiger partial charge in [0.1, 0.15) is 0 Å². The van der Waals surface area contributed by atoms with Crippen LogP contribution in [-0.4, -0.2) is 44.2 Å². The highest BCUT2D eigenvalue weighted by molar-refractivity contribution is 5.96. The zero-order valence-corrected chi connectivity index (χ0v) is 14.5. The maximum Gasteiger partial charge on any atom is 0.241 e. The molecule has 6 nitrogen and oxygen atoms in total. The van der Waals surface area contributed by atoms with Crippen LogP contribution >= 0.6 is 0 Å². The van der Waals surface area contributed by atoms with Crippen molar-refractivity contribution in [3.05, 3.63) is 18.0 Å². The SMILES string of the molecule is Cc1nn(C)c2ncc(NC(=O)C3CCCN3C3CCCC3)cc12. The van der Waals surface area contributed by atoms with Crippen molar-refractivity contribution in [2.24, 2.45) is 7.05 Å². The lowest BCUT2D eigenvalue weighted by atomic mass is 10.1. The normalized spacial score (nSPS) is 22.5. The summed E-state index contributed by atoms with van der Waals surface area (Å²) in [7, 11) is 1.89. The van der Waals surface area contributed by atoms with Crippen LogP contribution in [-0.2, 0) is 11.8 Å². The van der Waals surface area contributed by atoms with Gasteiger partial charge in [0.15, 0.2) is 5.65 Å². The number of aryl methyl sites for hydroxylation is 2. The number of hydrogen-bond acceptors (Lipinski definition) is 4. The molecule has 3 heterocycles. The molecule has 1 atom stereocenters. The Kier molecular flexibility index (Phi) is 4.00. The van der Waals surface area contributed by atoms with E-state index in [1.165, 1.54) is 25.7 Å². The highest BCUT2D eigenvalue weighted by atomic mass is 16.2. The molecule has 4 rings (SSSR count). The van der Waals surface area contributed by atoms with Crippen molar-refractivity contribution in [3.63, 3.8) is 0 Å². The van der Waals surface area contributed by atoms with E-state index < -0.39 is 0 Å². The van der Waals surface area contributed by atoms with Crippen LogP contribution in [0, 0.1) is 6.92 Å². The number of aromatic nitrogens is 3. The van der Waals surface area contributed by atoms with Crippen molar-refractivity contribution in [1.82, 2.24) is 19.7 Å². The lowest BCUT2D eigenvalue weighted by molar-refractivity contribution is -0.121. The van der Waals surface area contributed by atoms with Crippen LogP contribution in [0.4, 0.5) is 5.69 Å². The molecule has 2 aromatic heterocycles. The van der Waals surface area contributed by atoms with E-state index in [0.717, 1.165) is 41.8 Å². The molecular formula is C18H25N5O. The quantitative estimate of drug-likeness (QED) is 0.941. The summed E-state index contributed by atoms with van der Waals surface area (Å²) >= 11 is 0. The second-order valence-electron chi connectivity index (χ2n) is 7.13. The van der Waals surface area contributed by atoms with E-state index in [-0.39, 0.29) is 11.9 Å². The molecule has 0 radical (unpaired) electrons. The Morgan fingerprint density at radius 3 is 2.83 bits per heavy atom. The van der Waals surface area contributed by atoms with Crippen LogP contribution in [0.15, 0.2) is 12.3 Å². The van der Waals surface area contributed by atoms with Crippen molar-refractivity contribution in [3.8, 4) is 0 Å². The molecular weight excluding hydrogens is 302 g/mol. The number of anilines is 1. The van der Waals surface area contributed by atoms with Crippen LogP contribution in [0.2, 0.25) is 0 Å². The van der Waals surface area contributed by atoms with E-state index in [1.807, 2.05) is 20.0 Å². The van der Waals surface area contributed by atoms with Crippen LogP contribution < -0.4 is 5.32 Å². The van der Waals surface area contributed by atoms with Gasteiger partial charge in [0, 0.05) is 18.5 Å². The lowest BCUT2D eigenvalue weighted by Crippen LogP contribution is -2.44. The summed E-state index contributed by atoms with van der Waals surface area (Å²) in [5.74, 6) is 0.113. The minimum absolute atomic E-state index is 0.0128. The summed E-state index contributed by atoms with van der Waals surface area (Å²) in [6, 6.07) is 2.60. The molecule has 0 aromatic carbocycles. The molecule has 0 spiro atoms. The average molecular weight is 327 g/mol. The minimum atomic E-state index is 0.0128. The zero-order valence-electron chi connectivity index (χ0n) is 14.5. The van der Waals surface area contributed by atoms with Gasteiger partial charge in [0.05, 0.1) is 23.6 Å². The second-order valence-corrected chi connectivity index (χ2v) is 7.13. The number of likely N-dealkylation sites (tertiary alicyclic amines) is 1. The van der Waals surface area contributed by atoms with Crippen molar-refractivity contribution in [2.75, 3.05) is 11.9 Å². The van der Waals surface area contributed by atoms with Gasteiger partial charge < -0.3 is 5.32 Å². The molecule has 1 aliphatic carbocycles. The highest BCUT2D eigenvalue weighted by Gasteiger charge is 2.36. The fourth-order valence-corrected chi connectivity index (χ4v) is 4.35. The molecule has 24 heavy (non-hydrogen) atoms. The summed E-state index contributed by atoms with van der Waals surface area (Å²) < 4.78 is 1.77. The number of carbonyl (C=O) groups is 1. The van der Waals surface area contributed by atoms with Gasteiger partial charge in [-0.15, -0.1) is 0 Å². The fourth-order valence-electron chi connectivity index (χ4n) is 4.35. The van der Waals surface area contributed by atoms with E-state index in [9.17, 15) is 4.79 Å². The first-order valence-corrected chi connectivity index (χ1v) is 8.99. The molecule has 1 aliphatic heterocycles. The van der Waals surface area contributed by atoms with E-state index in [4.69, 9.17) is 0 Å². The Morgan fingerprint density at radius 2 is 2.04 bits per heavy atom. The number of hydrogen-bond donors (Lipinski definition) is 1. The van der Waals surface area contributed by atoms with Gasteiger partial charge in [-0.05, 0) is 45.2 Å². The standard InChI is InChI=1S/C18H25N5O/c1-12-15-10-13(11-19-17(15)22(2)21-12)20-18(24)16-8-5-9-23(16)14-6-3-4-7-14/h10-11,14,16H,3-9H2,1-2H3,(H,20,24). The Hall–Kier alpha value is -1.95. The van der Waals surface area contributed by atoms with Gasteiger partial charge >= 0.3 is 0 Å². The number of amides is 1. The molecule has 6 heteroatoms. The van der Waals surface area contributed by atoms with E-state index in [2.05, 4.69) is 20.3 Å². The predicted octanol–water partition coefficient (Wildman–Crippen LogP) is 2.62. The Balaban J connectivity index is 1.52. The third-order valence-electron chi connectivity index (χ3n) is 5.52. The summed E-state index contributed by atoms with van der Waals surface area (Å²) in [4.78, 5) is 19.7. The molecule has 2 fully saturated rings. The second kappa shape index (κ2) is 6.16. The van der Waals surface area contributed by atoms with Gasteiger partial charge in [-0.25, -0.2) is 4.98 Å². The Bertz CT molecular complexity index is 762. The molecule has 1 unspecified atom stereocenters. The molecule has 1 saturated carbocycles. The lowest BCUT2D eigenvalue weighted by Gasteiger charge is -2.29. The van der Waals surface area contributed by atoms with Gasteiger partial charge in [-0.1, -0.05) is 12.8 Å². The van der Waals surface area contributed by atoms with Gasteiger partial charge in [0.25, 0.3) is 0 Å². The third-order valence-corrected chi connectivity index (χ3v) is 5.52. The minimum Gasteiger partial charge on any atom is -0.323 e. The fraction of sp³-hybridized carbons (Fsp3) is 0.611. The van der Waals surface area contributed by atoms with Crippen molar-refractivity contribution < 1.29 is 4.79 Å². The average Bonchev–Trinajstić information content (AvgIpc) is 3.28. The largest absolute Gasteiger partial charge is 0.323 e. The van der Waals surface area contributed by atoms with Crippen molar-refractivity contribution in [1.29, 1.82) is 0 Å². The van der Waals surface area contributed by atoms with Crippen LogP contribution in [0.25, 0.3) is 11.0 Å². The number of nitrogens with one attached hydrogen (secondary N) is 1. The first-order chi connectivity index (χ1) is 11.6. The molecule has 2 aliphatic rings. The van der Waals surface area contributed by atoms with Crippen molar-refractivity contribution in [2.45, 2.75) is 57.5 Å². The molecule has 1 amide bonds. The number of carbonyl (C=O) groups excluding carboxylic acids is 1. The van der Waals surface area contributed by atoms with Gasteiger partial charge in [0.2, 0.25) is 5.91 Å². The van der Waals surface area contributed by atoms with Crippen LogP contribution in [0.3, 0.4) is 0 Å². The van der Waals surface area contributed by atoms with Gasteiger partial charge in [-0.2, -0.15) is 5.10 Å². The summed E-state index contributed by atoms with van der Waals surface area (Å²) in [6.45, 7) is 3.02. The number of rotatable bonds is 3. The molecule has 2 aromatic rings. The van der Waals surface area contributed by atoms with Gasteiger partial charge in [-0.3, -0.25) is 14.4 Å². The summed E-state index contributed by atoms with van der Waals surface area (Å²) in [5.41, 5.74) is 2.55. The van der Waals surface area contributed by atoms with Crippen molar-refractivity contribution >= 4 is 22.6 Å².